The lowest BCUT2D eigenvalue weighted by atomic mass is 10.2. The lowest BCUT2D eigenvalue weighted by molar-refractivity contribution is -0.119. The summed E-state index contributed by atoms with van der Waals surface area (Å²) in [5.41, 5.74) is 3.27. The van der Waals surface area contributed by atoms with Crippen LogP contribution < -0.4 is 23.9 Å². The van der Waals surface area contributed by atoms with Gasteiger partial charge in [0.15, 0.2) is 11.5 Å². The zero-order valence-electron chi connectivity index (χ0n) is 16.3. The van der Waals surface area contributed by atoms with E-state index in [1.807, 2.05) is 0 Å². The molecule has 0 fully saturated rings. The van der Waals surface area contributed by atoms with Crippen molar-refractivity contribution in [2.45, 2.75) is 6.92 Å². The third kappa shape index (κ3) is 5.22. The second kappa shape index (κ2) is 9.35. The first-order chi connectivity index (χ1) is 14.3. The number of anilines is 1. The third-order valence-electron chi connectivity index (χ3n) is 4.01. The van der Waals surface area contributed by atoms with Gasteiger partial charge in [-0.2, -0.15) is 5.10 Å². The number of fused-ring (bicyclic) bond motifs is 1. The molecule has 2 aromatic rings. The highest BCUT2D eigenvalue weighted by Gasteiger charge is 2.24. The number of halogens is 1. The zero-order chi connectivity index (χ0) is 21.7. The minimum absolute atomic E-state index is 0.143. The number of para-hydroxylation sites is 2. The molecule has 0 bridgehead atoms. The predicted octanol–water partition coefficient (Wildman–Crippen LogP) is 2.49. The first-order valence-corrected chi connectivity index (χ1v) is 11.5. The fraction of sp³-hybridized carbons (Fsp3) is 0.263. The van der Waals surface area contributed by atoms with E-state index in [1.165, 1.54) is 6.21 Å². The summed E-state index contributed by atoms with van der Waals surface area (Å²) >= 11 is 3.40. The van der Waals surface area contributed by atoms with E-state index in [-0.39, 0.29) is 12.5 Å². The summed E-state index contributed by atoms with van der Waals surface area (Å²) in [5, 5.41) is 3.91. The number of hydrazone groups is 1. The average molecular weight is 498 g/mol. The van der Waals surface area contributed by atoms with Crippen LogP contribution in [0.15, 0.2) is 46.0 Å². The van der Waals surface area contributed by atoms with Gasteiger partial charge in [0.05, 0.1) is 24.8 Å². The maximum absolute atomic E-state index is 12.4. The van der Waals surface area contributed by atoms with Crippen molar-refractivity contribution in [3.8, 4) is 17.2 Å². The average Bonchev–Trinajstić information content (AvgIpc) is 3.13. The van der Waals surface area contributed by atoms with E-state index >= 15 is 0 Å². The quantitative estimate of drug-likeness (QED) is 0.443. The number of amides is 1. The second-order valence-electron chi connectivity index (χ2n) is 6.19. The summed E-state index contributed by atoms with van der Waals surface area (Å²) in [4.78, 5) is 12.4. The molecule has 0 radical (unpaired) electrons. The molecule has 30 heavy (non-hydrogen) atoms. The van der Waals surface area contributed by atoms with Gasteiger partial charge in [-0.25, -0.2) is 13.8 Å². The Morgan fingerprint density at radius 3 is 2.70 bits per heavy atom. The Morgan fingerprint density at radius 1 is 1.30 bits per heavy atom. The molecule has 0 unspecified atom stereocenters. The zero-order valence-corrected chi connectivity index (χ0v) is 18.7. The van der Waals surface area contributed by atoms with Gasteiger partial charge in [0, 0.05) is 10.0 Å². The summed E-state index contributed by atoms with van der Waals surface area (Å²) in [6, 6.07) is 10.1. The number of benzene rings is 2. The van der Waals surface area contributed by atoms with Crippen LogP contribution >= 0.6 is 15.9 Å². The molecule has 1 N–H and O–H groups in total. The number of nitrogens with one attached hydrogen (secondary N) is 1. The van der Waals surface area contributed by atoms with Crippen molar-refractivity contribution in [3.63, 3.8) is 0 Å². The van der Waals surface area contributed by atoms with Crippen LogP contribution in [0.2, 0.25) is 0 Å². The molecule has 0 aliphatic carbocycles. The third-order valence-corrected chi connectivity index (χ3v) is 5.82. The molecule has 0 atom stereocenters. The van der Waals surface area contributed by atoms with Crippen molar-refractivity contribution < 1.29 is 27.4 Å². The molecule has 0 saturated carbocycles. The van der Waals surface area contributed by atoms with Crippen LogP contribution in [-0.4, -0.2) is 46.7 Å². The molecule has 1 aliphatic rings. The van der Waals surface area contributed by atoms with Gasteiger partial charge in [0.1, 0.15) is 12.3 Å². The van der Waals surface area contributed by atoms with Gasteiger partial charge in [-0.15, -0.1) is 0 Å². The van der Waals surface area contributed by atoms with Gasteiger partial charge in [-0.1, -0.05) is 12.1 Å². The Bertz CT molecular complexity index is 1070. The SMILES string of the molecule is CCOc1ccccc1N(CC(=O)N/N=C\c1cc2c(cc1Br)OCO2)S(C)(=O)=O. The molecule has 0 saturated heterocycles. The number of ether oxygens (including phenoxy) is 3. The normalized spacial score (nSPS) is 12.8. The van der Waals surface area contributed by atoms with Crippen LogP contribution in [-0.2, 0) is 14.8 Å². The molecule has 3 rings (SSSR count). The first-order valence-electron chi connectivity index (χ1n) is 8.90. The van der Waals surface area contributed by atoms with E-state index in [4.69, 9.17) is 14.2 Å². The van der Waals surface area contributed by atoms with Crippen molar-refractivity contribution in [3.05, 3.63) is 46.4 Å². The van der Waals surface area contributed by atoms with Crippen LogP contribution in [0, 0.1) is 0 Å². The van der Waals surface area contributed by atoms with E-state index in [2.05, 4.69) is 26.5 Å². The summed E-state index contributed by atoms with van der Waals surface area (Å²) < 4.78 is 42.3. The van der Waals surface area contributed by atoms with Crippen LogP contribution in [0.25, 0.3) is 0 Å². The monoisotopic (exact) mass is 497 g/mol. The van der Waals surface area contributed by atoms with E-state index in [1.54, 1.807) is 43.3 Å². The molecule has 0 aromatic heterocycles. The molecule has 9 nitrogen and oxygen atoms in total. The minimum atomic E-state index is -3.74. The number of nitrogens with zero attached hydrogens (tertiary/aromatic N) is 2. The van der Waals surface area contributed by atoms with Crippen molar-refractivity contribution in [2.24, 2.45) is 5.10 Å². The lowest BCUT2D eigenvalue weighted by Gasteiger charge is -2.23. The van der Waals surface area contributed by atoms with Crippen LogP contribution in [0.1, 0.15) is 12.5 Å². The maximum Gasteiger partial charge on any atom is 0.260 e. The smallest absolute Gasteiger partial charge is 0.260 e. The van der Waals surface area contributed by atoms with Gasteiger partial charge in [-0.3, -0.25) is 9.10 Å². The number of carbonyl (C=O) groups excluding carboxylic acids is 1. The summed E-state index contributed by atoms with van der Waals surface area (Å²) in [6.45, 7) is 1.83. The Labute approximate surface area is 182 Å². The predicted molar refractivity (Wildman–Crippen MR) is 116 cm³/mol. The van der Waals surface area contributed by atoms with Crippen molar-refractivity contribution in [2.75, 3.05) is 30.5 Å². The van der Waals surface area contributed by atoms with Gasteiger partial charge < -0.3 is 14.2 Å². The minimum Gasteiger partial charge on any atom is -0.492 e. The molecule has 0 spiro atoms. The Morgan fingerprint density at radius 2 is 2.00 bits per heavy atom. The Kier molecular flexibility index (Phi) is 6.83. The molecule has 1 heterocycles. The van der Waals surface area contributed by atoms with Gasteiger partial charge in [-0.05, 0) is 47.1 Å². The molecular weight excluding hydrogens is 478 g/mol. The van der Waals surface area contributed by atoms with Crippen molar-refractivity contribution in [1.82, 2.24) is 5.43 Å². The molecule has 160 valence electrons. The highest BCUT2D eigenvalue weighted by atomic mass is 79.9. The molecular formula is C19H20BrN3O6S. The largest absolute Gasteiger partial charge is 0.492 e. The molecule has 1 aliphatic heterocycles. The van der Waals surface area contributed by atoms with Crippen LogP contribution in [0.5, 0.6) is 17.2 Å². The Balaban J connectivity index is 1.73. The molecule has 1 amide bonds. The lowest BCUT2D eigenvalue weighted by Crippen LogP contribution is -2.39. The highest BCUT2D eigenvalue weighted by Crippen LogP contribution is 2.36. The first kappa shape index (κ1) is 21.9. The standard InChI is InChI=1S/C19H20BrN3O6S/c1-3-27-16-7-5-4-6-15(16)23(30(2,25)26)11-19(24)22-21-10-13-8-17-18(9-14(13)20)29-12-28-17/h4-10H,3,11-12H2,1-2H3,(H,22,24)/b21-10-. The molecule has 2 aromatic carbocycles. The number of hydrogen-bond acceptors (Lipinski definition) is 7. The van der Waals surface area contributed by atoms with Crippen molar-refractivity contribution >= 4 is 43.8 Å². The molecule has 11 heteroatoms. The van der Waals surface area contributed by atoms with E-state index in [9.17, 15) is 13.2 Å². The topological polar surface area (TPSA) is 107 Å². The maximum atomic E-state index is 12.4. The number of sulfonamides is 1. The number of rotatable bonds is 8. The van der Waals surface area contributed by atoms with E-state index in [0.29, 0.717) is 33.9 Å². The summed E-state index contributed by atoms with van der Waals surface area (Å²) in [6.07, 6.45) is 2.44. The number of hydrogen-bond donors (Lipinski definition) is 1. The van der Waals surface area contributed by atoms with Gasteiger partial charge >= 0.3 is 0 Å². The van der Waals surface area contributed by atoms with Crippen LogP contribution in [0.4, 0.5) is 5.69 Å². The summed E-state index contributed by atoms with van der Waals surface area (Å²) in [7, 11) is -3.74. The van der Waals surface area contributed by atoms with Gasteiger partial charge in [0.25, 0.3) is 5.91 Å². The highest BCUT2D eigenvalue weighted by molar-refractivity contribution is 9.10. The fourth-order valence-corrected chi connectivity index (χ4v) is 3.98. The van der Waals surface area contributed by atoms with Crippen molar-refractivity contribution in [1.29, 1.82) is 0 Å². The second-order valence-corrected chi connectivity index (χ2v) is 8.95. The van der Waals surface area contributed by atoms with E-state index < -0.39 is 22.5 Å². The van der Waals surface area contributed by atoms with Gasteiger partial charge in [0.2, 0.25) is 16.8 Å². The Hall–Kier alpha value is -2.79. The van der Waals surface area contributed by atoms with E-state index in [0.717, 1.165) is 10.6 Å². The fourth-order valence-electron chi connectivity index (χ4n) is 2.69. The van der Waals surface area contributed by atoms with Crippen LogP contribution in [0.3, 0.4) is 0 Å². The number of carbonyl (C=O) groups is 1. The summed E-state index contributed by atoms with van der Waals surface area (Å²) in [5.74, 6) is 0.937.